The molecule has 1 atom stereocenters. The van der Waals surface area contributed by atoms with Crippen LogP contribution in [0, 0.1) is 17.0 Å². The van der Waals surface area contributed by atoms with Gasteiger partial charge in [0, 0.05) is 31.9 Å². The summed E-state index contributed by atoms with van der Waals surface area (Å²) < 4.78 is 31.9. The normalized spacial score (nSPS) is 13.1. The van der Waals surface area contributed by atoms with Crippen LogP contribution in [0.5, 0.6) is 0 Å². The van der Waals surface area contributed by atoms with Crippen LogP contribution in [0.25, 0.3) is 0 Å². The number of nitrogens with zero attached hydrogens (tertiary/aromatic N) is 1. The van der Waals surface area contributed by atoms with Crippen molar-refractivity contribution in [1.82, 2.24) is 4.72 Å². The third-order valence-corrected chi connectivity index (χ3v) is 4.50. The van der Waals surface area contributed by atoms with Crippen molar-refractivity contribution in [3.8, 4) is 0 Å². The SMILES string of the molecule is COCC(CCO)NS(=O)(=O)c1cc([N+](=O)[O-])ccc1C. The predicted octanol–water partition coefficient (Wildman–Crippen LogP) is 0.579. The Morgan fingerprint density at radius 1 is 1.48 bits per heavy atom. The molecule has 0 aliphatic heterocycles. The quantitative estimate of drug-likeness (QED) is 0.534. The van der Waals surface area contributed by atoms with Crippen LogP contribution in [0.2, 0.25) is 0 Å². The summed E-state index contributed by atoms with van der Waals surface area (Å²) >= 11 is 0. The van der Waals surface area contributed by atoms with E-state index in [9.17, 15) is 18.5 Å². The number of non-ortho nitro benzene ring substituents is 1. The first-order valence-electron chi connectivity index (χ1n) is 6.19. The van der Waals surface area contributed by atoms with Gasteiger partial charge in [0.2, 0.25) is 10.0 Å². The summed E-state index contributed by atoms with van der Waals surface area (Å²) in [5, 5.41) is 19.7. The van der Waals surface area contributed by atoms with Gasteiger partial charge in [0.05, 0.1) is 16.4 Å². The Morgan fingerprint density at radius 3 is 2.67 bits per heavy atom. The molecule has 118 valence electrons. The number of ether oxygens (including phenoxy) is 1. The summed E-state index contributed by atoms with van der Waals surface area (Å²) in [6.45, 7) is 1.44. The minimum Gasteiger partial charge on any atom is -0.396 e. The molecule has 0 saturated carbocycles. The second kappa shape index (κ2) is 7.46. The van der Waals surface area contributed by atoms with Gasteiger partial charge in [-0.15, -0.1) is 0 Å². The van der Waals surface area contributed by atoms with Gasteiger partial charge in [-0.1, -0.05) is 6.07 Å². The highest BCUT2D eigenvalue weighted by Crippen LogP contribution is 2.22. The van der Waals surface area contributed by atoms with Gasteiger partial charge in [0.15, 0.2) is 0 Å². The van der Waals surface area contributed by atoms with Crippen molar-refractivity contribution in [3.63, 3.8) is 0 Å². The third kappa shape index (κ3) is 4.74. The molecule has 0 fully saturated rings. The Balaban J connectivity index is 3.11. The van der Waals surface area contributed by atoms with E-state index in [2.05, 4.69) is 4.72 Å². The molecule has 0 bridgehead atoms. The van der Waals surface area contributed by atoms with Crippen LogP contribution in [0.15, 0.2) is 23.1 Å². The lowest BCUT2D eigenvalue weighted by atomic mass is 10.2. The average Bonchev–Trinajstić information content (AvgIpc) is 2.38. The van der Waals surface area contributed by atoms with E-state index in [1.165, 1.54) is 19.2 Å². The highest BCUT2D eigenvalue weighted by Gasteiger charge is 2.23. The van der Waals surface area contributed by atoms with Gasteiger partial charge in [0.25, 0.3) is 5.69 Å². The van der Waals surface area contributed by atoms with Crippen molar-refractivity contribution in [1.29, 1.82) is 0 Å². The van der Waals surface area contributed by atoms with Crippen LogP contribution in [-0.2, 0) is 14.8 Å². The molecular weight excluding hydrogens is 300 g/mol. The molecule has 1 unspecified atom stereocenters. The number of aliphatic hydroxyl groups excluding tert-OH is 1. The van der Waals surface area contributed by atoms with Crippen molar-refractivity contribution in [2.45, 2.75) is 24.3 Å². The van der Waals surface area contributed by atoms with Crippen molar-refractivity contribution in [3.05, 3.63) is 33.9 Å². The molecule has 0 spiro atoms. The highest BCUT2D eigenvalue weighted by molar-refractivity contribution is 7.89. The summed E-state index contributed by atoms with van der Waals surface area (Å²) in [7, 11) is -2.52. The predicted molar refractivity (Wildman–Crippen MR) is 75.5 cm³/mol. The monoisotopic (exact) mass is 318 g/mol. The lowest BCUT2D eigenvalue weighted by Gasteiger charge is -2.17. The lowest BCUT2D eigenvalue weighted by Crippen LogP contribution is -2.38. The van der Waals surface area contributed by atoms with Crippen LogP contribution in [0.3, 0.4) is 0 Å². The fourth-order valence-electron chi connectivity index (χ4n) is 1.81. The van der Waals surface area contributed by atoms with Crippen LogP contribution in [-0.4, -0.2) is 44.8 Å². The molecule has 9 heteroatoms. The minimum absolute atomic E-state index is 0.0910. The molecule has 8 nitrogen and oxygen atoms in total. The number of nitrogens with one attached hydrogen (secondary N) is 1. The summed E-state index contributed by atoms with van der Waals surface area (Å²) in [6, 6.07) is 3.03. The molecule has 1 aromatic carbocycles. The van der Waals surface area contributed by atoms with Crippen molar-refractivity contribution >= 4 is 15.7 Å². The first-order chi connectivity index (χ1) is 9.81. The highest BCUT2D eigenvalue weighted by atomic mass is 32.2. The van der Waals surface area contributed by atoms with Crippen molar-refractivity contribution < 1.29 is 23.2 Å². The molecule has 21 heavy (non-hydrogen) atoms. The minimum atomic E-state index is -3.94. The number of aliphatic hydroxyl groups is 1. The zero-order valence-electron chi connectivity index (χ0n) is 11.8. The molecule has 1 aromatic rings. The fourth-order valence-corrected chi connectivity index (χ4v) is 3.33. The number of nitro groups is 1. The number of methoxy groups -OCH3 is 1. The molecule has 0 aromatic heterocycles. The molecule has 0 radical (unpaired) electrons. The lowest BCUT2D eigenvalue weighted by molar-refractivity contribution is -0.385. The summed E-state index contributed by atoms with van der Waals surface area (Å²) in [6.07, 6.45) is 0.182. The first kappa shape index (κ1) is 17.5. The molecule has 0 heterocycles. The smallest absolute Gasteiger partial charge is 0.270 e. The van der Waals surface area contributed by atoms with Crippen LogP contribution in [0.1, 0.15) is 12.0 Å². The second-order valence-electron chi connectivity index (χ2n) is 4.49. The summed E-state index contributed by atoms with van der Waals surface area (Å²) in [5.41, 5.74) is 0.0969. The topological polar surface area (TPSA) is 119 Å². The van der Waals surface area contributed by atoms with Gasteiger partial charge < -0.3 is 9.84 Å². The number of benzene rings is 1. The zero-order chi connectivity index (χ0) is 16.0. The molecule has 0 saturated heterocycles. The molecule has 0 amide bonds. The van der Waals surface area contributed by atoms with Crippen LogP contribution < -0.4 is 4.72 Å². The maximum atomic E-state index is 12.3. The number of nitro benzene ring substituents is 1. The number of aryl methyl sites for hydroxylation is 1. The van der Waals surface area contributed by atoms with E-state index in [0.717, 1.165) is 6.07 Å². The van der Waals surface area contributed by atoms with Gasteiger partial charge in [-0.05, 0) is 18.9 Å². The Morgan fingerprint density at radius 2 is 2.14 bits per heavy atom. The zero-order valence-corrected chi connectivity index (χ0v) is 12.6. The van der Waals surface area contributed by atoms with E-state index < -0.39 is 21.0 Å². The van der Waals surface area contributed by atoms with Gasteiger partial charge in [-0.2, -0.15) is 0 Å². The Hall–Kier alpha value is -1.55. The van der Waals surface area contributed by atoms with Crippen LogP contribution >= 0.6 is 0 Å². The van der Waals surface area contributed by atoms with E-state index >= 15 is 0 Å². The summed E-state index contributed by atoms with van der Waals surface area (Å²) in [5.74, 6) is 0. The molecular formula is C12H18N2O6S. The largest absolute Gasteiger partial charge is 0.396 e. The molecule has 0 aliphatic rings. The maximum absolute atomic E-state index is 12.3. The molecule has 0 aliphatic carbocycles. The van der Waals surface area contributed by atoms with Crippen molar-refractivity contribution in [2.24, 2.45) is 0 Å². The number of hydrogen-bond donors (Lipinski definition) is 2. The average molecular weight is 318 g/mol. The number of hydrogen-bond acceptors (Lipinski definition) is 6. The van der Waals surface area contributed by atoms with E-state index in [1.54, 1.807) is 6.92 Å². The molecule has 2 N–H and O–H groups in total. The number of sulfonamides is 1. The van der Waals surface area contributed by atoms with E-state index in [0.29, 0.717) is 5.56 Å². The Kier molecular flexibility index (Phi) is 6.21. The Bertz CT molecular complexity index is 596. The maximum Gasteiger partial charge on any atom is 0.270 e. The van der Waals surface area contributed by atoms with Gasteiger partial charge in [0.1, 0.15) is 0 Å². The van der Waals surface area contributed by atoms with Crippen LogP contribution in [0.4, 0.5) is 5.69 Å². The van der Waals surface area contributed by atoms with E-state index in [-0.39, 0.29) is 30.2 Å². The van der Waals surface area contributed by atoms with Gasteiger partial charge in [-0.25, -0.2) is 13.1 Å². The van der Waals surface area contributed by atoms with E-state index in [4.69, 9.17) is 9.84 Å². The second-order valence-corrected chi connectivity index (χ2v) is 6.18. The molecule has 1 rings (SSSR count). The standard InChI is InChI=1S/C12H18N2O6S/c1-9-3-4-11(14(16)17)7-12(9)21(18,19)13-10(5-6-15)8-20-2/h3-4,7,10,13,15H,5-6,8H2,1-2H3. The van der Waals surface area contributed by atoms with Crippen molar-refractivity contribution in [2.75, 3.05) is 20.3 Å². The first-order valence-corrected chi connectivity index (χ1v) is 7.67. The fraction of sp³-hybridized carbons (Fsp3) is 0.500. The van der Waals surface area contributed by atoms with E-state index in [1.807, 2.05) is 0 Å². The van der Waals surface area contributed by atoms with Gasteiger partial charge in [-0.3, -0.25) is 10.1 Å². The summed E-state index contributed by atoms with van der Waals surface area (Å²) in [4.78, 5) is 9.95. The third-order valence-electron chi connectivity index (χ3n) is 2.84. The Labute approximate surface area is 122 Å². The van der Waals surface area contributed by atoms with Gasteiger partial charge >= 0.3 is 0 Å². The number of rotatable bonds is 8.